The van der Waals surface area contributed by atoms with Crippen molar-refractivity contribution in [3.05, 3.63) is 23.4 Å². The summed E-state index contributed by atoms with van der Waals surface area (Å²) in [5.74, 6) is 0.342. The first kappa shape index (κ1) is 15.8. The van der Waals surface area contributed by atoms with Crippen LogP contribution in [0.15, 0.2) is 12.1 Å². The van der Waals surface area contributed by atoms with Gasteiger partial charge in [-0.1, -0.05) is 19.8 Å². The monoisotopic (exact) mass is 290 g/mol. The Labute approximate surface area is 126 Å². The first-order valence-electron chi connectivity index (χ1n) is 7.69. The number of amides is 1. The van der Waals surface area contributed by atoms with Crippen molar-refractivity contribution in [2.24, 2.45) is 0 Å². The average molecular weight is 290 g/mol. The predicted octanol–water partition coefficient (Wildman–Crippen LogP) is 1.83. The van der Waals surface area contributed by atoms with Gasteiger partial charge < -0.3 is 16.0 Å². The van der Waals surface area contributed by atoms with Gasteiger partial charge in [0.25, 0.3) is 5.91 Å². The maximum atomic E-state index is 12.4. The standard InChI is InChI=1S/C16H26N4O/c1-4-13-9-12(10-14(17)19-13)15(21)18-11-16(20(2)3)7-5-6-8-16/h9-10H,4-8,11H2,1-3H3,(H2,17,19)(H,18,21). The van der Waals surface area contributed by atoms with Crippen molar-refractivity contribution in [3.63, 3.8) is 0 Å². The Balaban J connectivity index is 2.06. The summed E-state index contributed by atoms with van der Waals surface area (Å²) in [4.78, 5) is 18.8. The Hall–Kier alpha value is -1.62. The number of aryl methyl sites for hydroxylation is 1. The second-order valence-corrected chi connectivity index (χ2v) is 6.13. The molecule has 1 aromatic heterocycles. The van der Waals surface area contributed by atoms with Crippen LogP contribution in [-0.4, -0.2) is 42.0 Å². The molecule has 1 amide bonds. The van der Waals surface area contributed by atoms with Crippen molar-refractivity contribution in [3.8, 4) is 0 Å². The second-order valence-electron chi connectivity index (χ2n) is 6.13. The highest BCUT2D eigenvalue weighted by molar-refractivity contribution is 5.95. The number of carbonyl (C=O) groups excluding carboxylic acids is 1. The van der Waals surface area contributed by atoms with Gasteiger partial charge in [-0.3, -0.25) is 4.79 Å². The van der Waals surface area contributed by atoms with E-state index in [0.29, 0.717) is 17.9 Å². The topological polar surface area (TPSA) is 71.2 Å². The van der Waals surface area contributed by atoms with Gasteiger partial charge in [0, 0.05) is 23.3 Å². The molecule has 1 fully saturated rings. The molecule has 0 spiro atoms. The van der Waals surface area contributed by atoms with E-state index < -0.39 is 0 Å². The highest BCUT2D eigenvalue weighted by Crippen LogP contribution is 2.33. The second kappa shape index (κ2) is 6.43. The lowest BCUT2D eigenvalue weighted by atomic mass is 9.96. The lowest BCUT2D eigenvalue weighted by Gasteiger charge is -2.36. The molecular formula is C16H26N4O. The first-order valence-corrected chi connectivity index (χ1v) is 7.69. The van der Waals surface area contributed by atoms with E-state index in [1.165, 1.54) is 12.8 Å². The van der Waals surface area contributed by atoms with E-state index in [4.69, 9.17) is 5.73 Å². The third kappa shape index (κ3) is 3.53. The molecule has 21 heavy (non-hydrogen) atoms. The highest BCUT2D eigenvalue weighted by atomic mass is 16.1. The van der Waals surface area contributed by atoms with Crippen LogP contribution in [-0.2, 0) is 6.42 Å². The molecular weight excluding hydrogens is 264 g/mol. The fourth-order valence-corrected chi connectivity index (χ4v) is 3.09. The molecule has 116 valence electrons. The Morgan fingerprint density at radius 2 is 2.05 bits per heavy atom. The number of pyridine rings is 1. The smallest absolute Gasteiger partial charge is 0.251 e. The maximum Gasteiger partial charge on any atom is 0.251 e. The van der Waals surface area contributed by atoms with Crippen LogP contribution in [0.4, 0.5) is 5.82 Å². The summed E-state index contributed by atoms with van der Waals surface area (Å²) < 4.78 is 0. The molecule has 1 aromatic rings. The van der Waals surface area contributed by atoms with Gasteiger partial charge in [0.15, 0.2) is 0 Å². The number of anilines is 1. The van der Waals surface area contributed by atoms with Gasteiger partial charge in [0.2, 0.25) is 0 Å². The Kier molecular flexibility index (Phi) is 4.83. The summed E-state index contributed by atoms with van der Waals surface area (Å²) in [7, 11) is 4.19. The fraction of sp³-hybridized carbons (Fsp3) is 0.625. The number of likely N-dealkylation sites (N-methyl/N-ethyl adjacent to an activating group) is 1. The van der Waals surface area contributed by atoms with Crippen LogP contribution in [0.3, 0.4) is 0 Å². The van der Waals surface area contributed by atoms with Crippen LogP contribution in [0.5, 0.6) is 0 Å². The minimum absolute atomic E-state index is 0.0630. The summed E-state index contributed by atoms with van der Waals surface area (Å²) in [6.07, 6.45) is 5.51. The van der Waals surface area contributed by atoms with E-state index in [-0.39, 0.29) is 11.4 Å². The Morgan fingerprint density at radius 1 is 1.38 bits per heavy atom. The average Bonchev–Trinajstić information content (AvgIpc) is 2.94. The summed E-state index contributed by atoms with van der Waals surface area (Å²) in [6, 6.07) is 3.47. The third-order valence-electron chi connectivity index (χ3n) is 4.58. The molecule has 3 N–H and O–H groups in total. The Morgan fingerprint density at radius 3 is 2.62 bits per heavy atom. The van der Waals surface area contributed by atoms with Gasteiger partial charge in [-0.05, 0) is 45.5 Å². The number of aromatic nitrogens is 1. The SMILES string of the molecule is CCc1cc(C(=O)NCC2(N(C)C)CCCC2)cc(N)n1. The van der Waals surface area contributed by atoms with Gasteiger partial charge in [0.1, 0.15) is 5.82 Å². The zero-order valence-electron chi connectivity index (χ0n) is 13.3. The number of carbonyl (C=O) groups is 1. The maximum absolute atomic E-state index is 12.4. The molecule has 0 aromatic carbocycles. The van der Waals surface area contributed by atoms with Crippen LogP contribution >= 0.6 is 0 Å². The van der Waals surface area contributed by atoms with Gasteiger partial charge in [-0.15, -0.1) is 0 Å². The molecule has 0 unspecified atom stereocenters. The van der Waals surface area contributed by atoms with Crippen molar-refractivity contribution >= 4 is 11.7 Å². The number of hydrogen-bond donors (Lipinski definition) is 2. The molecule has 1 aliphatic rings. The van der Waals surface area contributed by atoms with E-state index in [0.717, 1.165) is 25.0 Å². The molecule has 1 aliphatic carbocycles. The Bertz CT molecular complexity index is 507. The molecule has 0 atom stereocenters. The van der Waals surface area contributed by atoms with Crippen LogP contribution < -0.4 is 11.1 Å². The number of hydrogen-bond acceptors (Lipinski definition) is 4. The lowest BCUT2D eigenvalue weighted by molar-refractivity contribution is 0.0900. The third-order valence-corrected chi connectivity index (χ3v) is 4.58. The molecule has 0 radical (unpaired) electrons. The fourth-order valence-electron chi connectivity index (χ4n) is 3.09. The molecule has 1 saturated carbocycles. The number of nitrogen functional groups attached to an aromatic ring is 1. The van der Waals surface area contributed by atoms with Crippen molar-refractivity contribution in [2.45, 2.75) is 44.6 Å². The zero-order chi connectivity index (χ0) is 15.5. The van der Waals surface area contributed by atoms with Crippen molar-refractivity contribution in [1.29, 1.82) is 0 Å². The van der Waals surface area contributed by atoms with Gasteiger partial charge in [0.05, 0.1) is 0 Å². The predicted molar refractivity (Wildman–Crippen MR) is 85.2 cm³/mol. The summed E-state index contributed by atoms with van der Waals surface area (Å²) in [5, 5.41) is 3.08. The van der Waals surface area contributed by atoms with Crippen LogP contribution in [0.1, 0.15) is 48.7 Å². The van der Waals surface area contributed by atoms with E-state index in [1.807, 2.05) is 13.0 Å². The van der Waals surface area contributed by atoms with Crippen molar-refractivity contribution in [1.82, 2.24) is 15.2 Å². The van der Waals surface area contributed by atoms with E-state index in [9.17, 15) is 4.79 Å². The first-order chi connectivity index (χ1) is 9.97. The molecule has 0 bridgehead atoms. The molecule has 1 heterocycles. The molecule has 0 aliphatic heterocycles. The highest BCUT2D eigenvalue weighted by Gasteiger charge is 2.36. The number of nitrogens with two attached hydrogens (primary N) is 1. The van der Waals surface area contributed by atoms with Crippen molar-refractivity contribution in [2.75, 3.05) is 26.4 Å². The molecule has 5 heteroatoms. The molecule has 5 nitrogen and oxygen atoms in total. The summed E-state index contributed by atoms with van der Waals surface area (Å²) in [6.45, 7) is 2.69. The normalized spacial score (nSPS) is 17.1. The summed E-state index contributed by atoms with van der Waals surface area (Å²) in [5.41, 5.74) is 7.32. The molecule has 0 saturated heterocycles. The van der Waals surface area contributed by atoms with E-state index in [2.05, 4.69) is 29.3 Å². The quantitative estimate of drug-likeness (QED) is 0.868. The van der Waals surface area contributed by atoms with Gasteiger partial charge in [-0.25, -0.2) is 4.98 Å². The van der Waals surface area contributed by atoms with Crippen molar-refractivity contribution < 1.29 is 4.79 Å². The largest absolute Gasteiger partial charge is 0.384 e. The van der Waals surface area contributed by atoms with E-state index >= 15 is 0 Å². The van der Waals surface area contributed by atoms with E-state index in [1.54, 1.807) is 6.07 Å². The van der Waals surface area contributed by atoms with Crippen LogP contribution in [0, 0.1) is 0 Å². The zero-order valence-corrected chi connectivity index (χ0v) is 13.3. The minimum Gasteiger partial charge on any atom is -0.384 e. The number of nitrogens with zero attached hydrogens (tertiary/aromatic N) is 2. The summed E-state index contributed by atoms with van der Waals surface area (Å²) >= 11 is 0. The number of nitrogens with one attached hydrogen (secondary N) is 1. The van der Waals surface area contributed by atoms with Gasteiger partial charge >= 0.3 is 0 Å². The van der Waals surface area contributed by atoms with Crippen LogP contribution in [0.25, 0.3) is 0 Å². The number of rotatable bonds is 5. The molecule has 2 rings (SSSR count). The minimum atomic E-state index is -0.0630. The lowest BCUT2D eigenvalue weighted by Crippen LogP contribution is -2.50. The van der Waals surface area contributed by atoms with Crippen LogP contribution in [0.2, 0.25) is 0 Å². The van der Waals surface area contributed by atoms with Gasteiger partial charge in [-0.2, -0.15) is 0 Å².